The van der Waals surface area contributed by atoms with Crippen molar-refractivity contribution in [1.82, 2.24) is 24.6 Å². The molecule has 33 heavy (non-hydrogen) atoms. The normalized spacial score (nSPS) is 13.8. The van der Waals surface area contributed by atoms with Gasteiger partial charge in [-0.25, -0.2) is 10.1 Å². The van der Waals surface area contributed by atoms with Gasteiger partial charge in [0.1, 0.15) is 0 Å². The van der Waals surface area contributed by atoms with Gasteiger partial charge in [-0.05, 0) is 23.8 Å². The Morgan fingerprint density at radius 1 is 1.06 bits per heavy atom. The number of fused-ring (bicyclic) bond motifs is 2. The molecule has 5 rings (SSSR count). The van der Waals surface area contributed by atoms with E-state index in [0.717, 1.165) is 15.5 Å². The first kappa shape index (κ1) is 20.9. The number of aromatic amines is 1. The minimum absolute atomic E-state index is 0.0307. The third-order valence-corrected chi connectivity index (χ3v) is 5.75. The van der Waals surface area contributed by atoms with Crippen molar-refractivity contribution in [3.8, 4) is 0 Å². The van der Waals surface area contributed by atoms with Gasteiger partial charge in [-0.1, -0.05) is 30.3 Å². The maximum absolute atomic E-state index is 13.1. The van der Waals surface area contributed by atoms with E-state index >= 15 is 0 Å². The molecule has 7 nitrogen and oxygen atoms in total. The second-order valence-corrected chi connectivity index (χ2v) is 7.87. The molecule has 2 aromatic heterocycles. The molecule has 1 aliphatic heterocycles. The Kier molecular flexibility index (Phi) is 4.99. The van der Waals surface area contributed by atoms with Gasteiger partial charge in [-0.15, -0.1) is 0 Å². The molecule has 0 aliphatic carbocycles. The number of carbonyl (C=O) groups is 1. The van der Waals surface area contributed by atoms with Crippen LogP contribution in [0.3, 0.4) is 0 Å². The molecule has 10 heteroatoms. The SMILES string of the molecule is O=C(c1cccc(Cc2n[nH]c(=O)c3ccccc23)c1)N1CCn2c(cnc2C(F)(F)F)C1. The summed E-state index contributed by atoms with van der Waals surface area (Å²) in [7, 11) is 0. The van der Waals surface area contributed by atoms with Crippen molar-refractivity contribution in [3.63, 3.8) is 0 Å². The number of halogens is 3. The van der Waals surface area contributed by atoms with Crippen molar-refractivity contribution >= 4 is 16.7 Å². The molecule has 0 fully saturated rings. The molecule has 4 aromatic rings. The van der Waals surface area contributed by atoms with Gasteiger partial charge < -0.3 is 9.47 Å². The number of nitrogens with one attached hydrogen (secondary N) is 1. The zero-order chi connectivity index (χ0) is 23.2. The number of benzene rings is 2. The van der Waals surface area contributed by atoms with Gasteiger partial charge in [0, 0.05) is 30.5 Å². The maximum atomic E-state index is 13.1. The number of rotatable bonds is 3. The number of imidazole rings is 1. The quantitative estimate of drug-likeness (QED) is 0.516. The lowest BCUT2D eigenvalue weighted by atomic mass is 10.0. The number of carbonyl (C=O) groups excluding carboxylic acids is 1. The van der Waals surface area contributed by atoms with Crippen molar-refractivity contribution in [2.45, 2.75) is 25.7 Å². The van der Waals surface area contributed by atoms with Crippen LogP contribution in [0.1, 0.15) is 33.1 Å². The molecular weight excluding hydrogens is 435 g/mol. The molecule has 3 heterocycles. The van der Waals surface area contributed by atoms with Gasteiger partial charge in [-0.2, -0.15) is 18.3 Å². The number of aromatic nitrogens is 4. The first-order valence-corrected chi connectivity index (χ1v) is 10.3. The number of nitrogens with zero attached hydrogens (tertiary/aromatic N) is 4. The topological polar surface area (TPSA) is 83.9 Å². The van der Waals surface area contributed by atoms with Crippen molar-refractivity contribution in [3.05, 3.63) is 93.4 Å². The van der Waals surface area contributed by atoms with Crippen LogP contribution in [0, 0.1) is 0 Å². The molecule has 2 aromatic carbocycles. The lowest BCUT2D eigenvalue weighted by molar-refractivity contribution is -0.147. The van der Waals surface area contributed by atoms with Crippen LogP contribution in [-0.4, -0.2) is 37.1 Å². The van der Waals surface area contributed by atoms with E-state index < -0.39 is 12.0 Å². The van der Waals surface area contributed by atoms with Crippen molar-refractivity contribution < 1.29 is 18.0 Å². The van der Waals surface area contributed by atoms with E-state index in [1.54, 1.807) is 30.3 Å². The van der Waals surface area contributed by atoms with Crippen LogP contribution < -0.4 is 5.56 Å². The summed E-state index contributed by atoms with van der Waals surface area (Å²) < 4.78 is 40.4. The van der Waals surface area contributed by atoms with Gasteiger partial charge in [0.25, 0.3) is 11.5 Å². The highest BCUT2D eigenvalue weighted by Gasteiger charge is 2.38. The van der Waals surface area contributed by atoms with Crippen molar-refractivity contribution in [2.75, 3.05) is 6.54 Å². The Hall–Kier alpha value is -3.95. The Morgan fingerprint density at radius 2 is 1.85 bits per heavy atom. The summed E-state index contributed by atoms with van der Waals surface area (Å²) in [6, 6.07) is 14.2. The van der Waals surface area contributed by atoms with Gasteiger partial charge in [-0.3, -0.25) is 9.59 Å². The third-order valence-electron chi connectivity index (χ3n) is 5.75. The van der Waals surface area contributed by atoms with Gasteiger partial charge in [0.2, 0.25) is 5.82 Å². The van der Waals surface area contributed by atoms with Gasteiger partial charge >= 0.3 is 6.18 Å². The van der Waals surface area contributed by atoms with Crippen LogP contribution in [0.25, 0.3) is 10.8 Å². The highest BCUT2D eigenvalue weighted by Crippen LogP contribution is 2.30. The van der Waals surface area contributed by atoms with E-state index in [1.807, 2.05) is 18.2 Å². The zero-order valence-corrected chi connectivity index (χ0v) is 17.3. The third kappa shape index (κ3) is 3.88. The molecule has 0 spiro atoms. The minimum atomic E-state index is -4.53. The minimum Gasteiger partial charge on any atom is -0.331 e. The first-order valence-electron chi connectivity index (χ1n) is 10.3. The lowest BCUT2D eigenvalue weighted by Gasteiger charge is -2.29. The zero-order valence-electron chi connectivity index (χ0n) is 17.3. The number of hydrogen-bond acceptors (Lipinski definition) is 4. The standard InChI is InChI=1S/C23H18F3N5O2/c24-23(25,26)22-27-12-16-13-30(8-9-31(16)22)21(33)15-5-3-4-14(10-15)11-19-17-6-1-2-7-18(17)20(32)29-28-19/h1-7,10,12H,8-9,11,13H2,(H,29,32). The van der Waals surface area contributed by atoms with Gasteiger partial charge in [0.05, 0.1) is 29.5 Å². The van der Waals surface area contributed by atoms with Crippen molar-refractivity contribution in [2.24, 2.45) is 0 Å². The molecule has 0 bridgehead atoms. The second-order valence-electron chi connectivity index (χ2n) is 7.87. The summed E-state index contributed by atoms with van der Waals surface area (Å²) in [6.45, 7) is 0.239. The van der Waals surface area contributed by atoms with Crippen LogP contribution in [-0.2, 0) is 25.7 Å². The Bertz CT molecular complexity index is 1420. The van der Waals surface area contributed by atoms with Crippen molar-refractivity contribution in [1.29, 1.82) is 0 Å². The van der Waals surface area contributed by atoms with Crippen LogP contribution in [0.5, 0.6) is 0 Å². The molecule has 0 radical (unpaired) electrons. The summed E-state index contributed by atoms with van der Waals surface area (Å²) in [6.07, 6.45) is -2.95. The van der Waals surface area contributed by atoms with E-state index in [9.17, 15) is 22.8 Å². The fraction of sp³-hybridized carbons (Fsp3) is 0.217. The fourth-order valence-corrected chi connectivity index (χ4v) is 4.18. The number of amides is 1. The van der Waals surface area contributed by atoms with Crippen LogP contribution in [0.2, 0.25) is 0 Å². The van der Waals surface area contributed by atoms with E-state index in [-0.39, 0.29) is 31.1 Å². The lowest BCUT2D eigenvalue weighted by Crippen LogP contribution is -2.39. The summed E-state index contributed by atoms with van der Waals surface area (Å²) in [4.78, 5) is 30.1. The summed E-state index contributed by atoms with van der Waals surface area (Å²) in [5.41, 5.74) is 2.02. The Labute approximate surface area is 185 Å². The monoisotopic (exact) mass is 453 g/mol. The molecule has 168 valence electrons. The largest absolute Gasteiger partial charge is 0.449 e. The van der Waals surface area contributed by atoms with Crippen LogP contribution >= 0.6 is 0 Å². The molecule has 1 N–H and O–H groups in total. The molecular formula is C23H18F3N5O2. The highest BCUT2D eigenvalue weighted by molar-refractivity contribution is 5.94. The maximum Gasteiger partial charge on any atom is 0.449 e. The van der Waals surface area contributed by atoms with Crippen LogP contribution in [0.15, 0.2) is 59.5 Å². The van der Waals surface area contributed by atoms with E-state index in [4.69, 9.17) is 0 Å². The molecule has 0 unspecified atom stereocenters. The number of hydrogen-bond donors (Lipinski definition) is 1. The Morgan fingerprint density at radius 3 is 2.64 bits per heavy atom. The highest BCUT2D eigenvalue weighted by atomic mass is 19.4. The summed E-state index contributed by atoms with van der Waals surface area (Å²) >= 11 is 0. The molecule has 1 amide bonds. The van der Waals surface area contributed by atoms with E-state index in [1.165, 1.54) is 11.1 Å². The number of H-pyrrole nitrogens is 1. The fourth-order valence-electron chi connectivity index (χ4n) is 4.18. The first-order chi connectivity index (χ1) is 15.8. The predicted molar refractivity (Wildman–Crippen MR) is 114 cm³/mol. The predicted octanol–water partition coefficient (Wildman–Crippen LogP) is 3.39. The number of alkyl halides is 3. The summed E-state index contributed by atoms with van der Waals surface area (Å²) in [5.74, 6) is -1.20. The smallest absolute Gasteiger partial charge is 0.331 e. The molecule has 0 saturated heterocycles. The van der Waals surface area contributed by atoms with E-state index in [2.05, 4.69) is 15.2 Å². The molecule has 0 atom stereocenters. The second kappa shape index (κ2) is 7.88. The molecule has 1 aliphatic rings. The average Bonchev–Trinajstić information content (AvgIpc) is 3.25. The average molecular weight is 453 g/mol. The summed E-state index contributed by atoms with van der Waals surface area (Å²) in [5, 5.41) is 7.96. The Balaban J connectivity index is 1.38. The van der Waals surface area contributed by atoms with Crippen LogP contribution in [0.4, 0.5) is 13.2 Å². The molecule has 0 saturated carbocycles. The van der Waals surface area contributed by atoms with E-state index in [0.29, 0.717) is 28.8 Å². The van der Waals surface area contributed by atoms with Gasteiger partial charge in [0.15, 0.2) is 0 Å².